The van der Waals surface area contributed by atoms with Crippen LogP contribution in [0.4, 0.5) is 9.18 Å². The molecule has 3 aromatic carbocycles. The van der Waals surface area contributed by atoms with Gasteiger partial charge in [-0.25, -0.2) is 9.18 Å². The van der Waals surface area contributed by atoms with Crippen LogP contribution in [0.25, 0.3) is 0 Å². The summed E-state index contributed by atoms with van der Waals surface area (Å²) in [4.78, 5) is 23.7. The van der Waals surface area contributed by atoms with Gasteiger partial charge in [0.25, 0.3) is 5.91 Å². The number of alkyl carbamates (subject to hydrolysis) is 1. The Morgan fingerprint density at radius 3 is 2.29 bits per heavy atom. The predicted octanol–water partition coefficient (Wildman–Crippen LogP) is 5.85. The van der Waals surface area contributed by atoms with E-state index in [1.165, 1.54) is 13.0 Å². The first-order chi connectivity index (χ1) is 16.3. The minimum atomic E-state index is -1.47. The Morgan fingerprint density at radius 2 is 1.65 bits per heavy atom. The van der Waals surface area contributed by atoms with Gasteiger partial charge in [0.1, 0.15) is 23.0 Å². The zero-order chi connectivity index (χ0) is 24.3. The number of carbonyl (C=O) groups excluding carboxylic acids is 2. The molecule has 1 unspecified atom stereocenters. The number of nitrogens with one attached hydrogen (secondary N) is 1. The lowest BCUT2D eigenvalue weighted by molar-refractivity contribution is -0.130. The lowest BCUT2D eigenvalue weighted by Crippen LogP contribution is -2.33. The molecule has 0 radical (unpaired) electrons. The van der Waals surface area contributed by atoms with Crippen molar-refractivity contribution in [2.45, 2.75) is 32.3 Å². The third-order valence-electron chi connectivity index (χ3n) is 5.48. The van der Waals surface area contributed by atoms with Gasteiger partial charge in [0.2, 0.25) is 5.60 Å². The maximum atomic E-state index is 14.9. The molecule has 1 saturated heterocycles. The number of hydrogen-bond acceptors (Lipinski definition) is 6. The fourth-order valence-corrected chi connectivity index (χ4v) is 3.63. The number of hydrogen-bond donors (Lipinski definition) is 1. The minimum Gasteiger partial charge on any atom is -0.497 e. The van der Waals surface area contributed by atoms with E-state index in [1.54, 1.807) is 61.7 Å². The Morgan fingerprint density at radius 1 is 0.941 bits per heavy atom. The van der Waals surface area contributed by atoms with E-state index in [4.69, 9.17) is 18.9 Å². The molecule has 34 heavy (non-hydrogen) atoms. The summed E-state index contributed by atoms with van der Waals surface area (Å²) in [5, 5.41) is 2.13. The van der Waals surface area contributed by atoms with Crippen LogP contribution in [0.3, 0.4) is 0 Å². The lowest BCUT2D eigenvalue weighted by atomic mass is 9.95. The van der Waals surface area contributed by atoms with Gasteiger partial charge in [-0.3, -0.25) is 10.1 Å². The van der Waals surface area contributed by atoms with E-state index in [0.29, 0.717) is 35.0 Å². The standard InChI is InChI=1S/C26H24FNO6/c1-4-6-16-13-23(32-19-11-9-18(31-3)10-12-19)21(27)15-22(16)33-20-8-5-7-17(14-20)26(2)24(29)28-25(30)34-26/h5,7-15H,4,6H2,1-3H3,(H,28,29,30). The maximum Gasteiger partial charge on any atom is 0.415 e. The Balaban J connectivity index is 1.61. The van der Waals surface area contributed by atoms with Gasteiger partial charge < -0.3 is 18.9 Å². The highest BCUT2D eigenvalue weighted by Gasteiger charge is 2.46. The monoisotopic (exact) mass is 465 g/mol. The number of imide groups is 1. The van der Waals surface area contributed by atoms with E-state index in [2.05, 4.69) is 5.32 Å². The Bertz CT molecular complexity index is 1230. The molecule has 0 aromatic heterocycles. The van der Waals surface area contributed by atoms with Crippen LogP contribution in [0.5, 0.6) is 28.7 Å². The molecule has 1 N–H and O–H groups in total. The van der Waals surface area contributed by atoms with Crippen molar-refractivity contribution < 1.29 is 32.9 Å². The largest absolute Gasteiger partial charge is 0.497 e. The van der Waals surface area contributed by atoms with Crippen molar-refractivity contribution in [1.82, 2.24) is 5.32 Å². The molecule has 0 aliphatic carbocycles. The molecular formula is C26H24FNO6. The summed E-state index contributed by atoms with van der Waals surface area (Å²) in [5.74, 6) is 0.777. The number of cyclic esters (lactones) is 1. The number of aryl methyl sites for hydroxylation is 1. The number of amides is 2. The van der Waals surface area contributed by atoms with Gasteiger partial charge in [-0.2, -0.15) is 0 Å². The first-order valence-corrected chi connectivity index (χ1v) is 10.8. The highest BCUT2D eigenvalue weighted by atomic mass is 19.1. The summed E-state index contributed by atoms with van der Waals surface area (Å²) >= 11 is 0. The number of benzene rings is 3. The second-order valence-electron chi connectivity index (χ2n) is 7.92. The summed E-state index contributed by atoms with van der Waals surface area (Å²) < 4.78 is 37.0. The summed E-state index contributed by atoms with van der Waals surface area (Å²) in [5.41, 5.74) is -0.274. The van der Waals surface area contributed by atoms with Crippen LogP contribution in [0.1, 0.15) is 31.4 Å². The van der Waals surface area contributed by atoms with E-state index in [-0.39, 0.29) is 5.75 Å². The molecule has 1 fully saturated rings. The molecule has 1 aliphatic heterocycles. The van der Waals surface area contributed by atoms with Crippen molar-refractivity contribution in [3.05, 3.63) is 77.6 Å². The number of methoxy groups -OCH3 is 1. The Hall–Kier alpha value is -4.07. The van der Waals surface area contributed by atoms with Gasteiger partial charge in [-0.05, 0) is 61.4 Å². The molecule has 8 heteroatoms. The quantitative estimate of drug-likeness (QED) is 0.449. The van der Waals surface area contributed by atoms with Crippen LogP contribution in [-0.4, -0.2) is 19.1 Å². The maximum absolute atomic E-state index is 14.9. The molecule has 0 spiro atoms. The number of rotatable bonds is 8. The lowest BCUT2D eigenvalue weighted by Gasteiger charge is -2.20. The number of halogens is 1. The van der Waals surface area contributed by atoms with Crippen LogP contribution in [-0.2, 0) is 21.6 Å². The second kappa shape index (κ2) is 9.43. The summed E-state index contributed by atoms with van der Waals surface area (Å²) in [6.07, 6.45) is 0.628. The molecular weight excluding hydrogens is 441 g/mol. The van der Waals surface area contributed by atoms with Gasteiger partial charge in [0, 0.05) is 11.6 Å². The smallest absolute Gasteiger partial charge is 0.415 e. The molecule has 4 rings (SSSR count). The molecule has 0 bridgehead atoms. The van der Waals surface area contributed by atoms with E-state index in [9.17, 15) is 14.0 Å². The molecule has 0 saturated carbocycles. The highest BCUT2D eigenvalue weighted by molar-refractivity contribution is 6.03. The van der Waals surface area contributed by atoms with E-state index in [0.717, 1.165) is 12.0 Å². The molecule has 1 aliphatic rings. The SMILES string of the molecule is CCCc1cc(Oc2ccc(OC)cc2)c(F)cc1Oc1cccc(C2(C)OC(=O)NC2=O)c1. The first-order valence-electron chi connectivity index (χ1n) is 10.8. The van der Waals surface area contributed by atoms with Crippen molar-refractivity contribution in [1.29, 1.82) is 0 Å². The van der Waals surface area contributed by atoms with E-state index in [1.807, 2.05) is 6.92 Å². The fraction of sp³-hybridized carbons (Fsp3) is 0.231. The van der Waals surface area contributed by atoms with E-state index >= 15 is 0 Å². The fourth-order valence-electron chi connectivity index (χ4n) is 3.63. The first kappa shape index (κ1) is 23.1. The molecule has 1 heterocycles. The van der Waals surface area contributed by atoms with Crippen molar-refractivity contribution in [3.63, 3.8) is 0 Å². The predicted molar refractivity (Wildman–Crippen MR) is 122 cm³/mol. The van der Waals surface area contributed by atoms with Crippen molar-refractivity contribution in [2.24, 2.45) is 0 Å². The van der Waals surface area contributed by atoms with Crippen LogP contribution in [0, 0.1) is 5.82 Å². The summed E-state index contributed by atoms with van der Waals surface area (Å²) in [6.45, 7) is 3.51. The summed E-state index contributed by atoms with van der Waals surface area (Å²) in [7, 11) is 1.57. The van der Waals surface area contributed by atoms with Crippen molar-refractivity contribution in [2.75, 3.05) is 7.11 Å². The van der Waals surface area contributed by atoms with Gasteiger partial charge in [-0.1, -0.05) is 25.5 Å². The summed E-state index contributed by atoms with van der Waals surface area (Å²) in [6, 6.07) is 16.3. The molecule has 7 nitrogen and oxygen atoms in total. The Kier molecular flexibility index (Phi) is 6.40. The van der Waals surface area contributed by atoms with Crippen LogP contribution >= 0.6 is 0 Å². The third-order valence-corrected chi connectivity index (χ3v) is 5.48. The highest BCUT2D eigenvalue weighted by Crippen LogP contribution is 2.37. The molecule has 1 atom stereocenters. The van der Waals surface area contributed by atoms with Gasteiger partial charge >= 0.3 is 6.09 Å². The van der Waals surface area contributed by atoms with Crippen LogP contribution in [0.2, 0.25) is 0 Å². The number of ether oxygens (including phenoxy) is 4. The van der Waals surface area contributed by atoms with Gasteiger partial charge in [-0.15, -0.1) is 0 Å². The Labute approximate surface area is 196 Å². The molecule has 3 aromatic rings. The average Bonchev–Trinajstić information content (AvgIpc) is 3.09. The normalized spacial score (nSPS) is 17.2. The number of carbonyl (C=O) groups is 2. The zero-order valence-corrected chi connectivity index (χ0v) is 19.0. The second-order valence-corrected chi connectivity index (χ2v) is 7.92. The molecule has 176 valence electrons. The topological polar surface area (TPSA) is 83.1 Å². The average molecular weight is 465 g/mol. The minimum absolute atomic E-state index is 0.0803. The van der Waals surface area contributed by atoms with E-state index < -0.39 is 23.4 Å². The zero-order valence-electron chi connectivity index (χ0n) is 19.0. The van der Waals surface area contributed by atoms with Gasteiger partial charge in [0.15, 0.2) is 11.6 Å². The van der Waals surface area contributed by atoms with Crippen LogP contribution in [0.15, 0.2) is 60.7 Å². The molecule has 2 amide bonds. The van der Waals surface area contributed by atoms with Crippen LogP contribution < -0.4 is 19.5 Å². The van der Waals surface area contributed by atoms with Crippen molar-refractivity contribution >= 4 is 12.0 Å². The van der Waals surface area contributed by atoms with Gasteiger partial charge in [0.05, 0.1) is 7.11 Å². The van der Waals surface area contributed by atoms with Crippen molar-refractivity contribution in [3.8, 4) is 28.7 Å². The third kappa shape index (κ3) is 4.66.